The Morgan fingerprint density at radius 3 is 2.48 bits per heavy atom. The van der Waals surface area contributed by atoms with Crippen LogP contribution in [0.25, 0.3) is 10.4 Å². The lowest BCUT2D eigenvalue weighted by Gasteiger charge is -2.36. The van der Waals surface area contributed by atoms with Crippen molar-refractivity contribution in [3.63, 3.8) is 0 Å². The van der Waals surface area contributed by atoms with Gasteiger partial charge in [0, 0.05) is 14.2 Å². The van der Waals surface area contributed by atoms with Crippen molar-refractivity contribution in [1.82, 2.24) is 0 Å². The van der Waals surface area contributed by atoms with E-state index in [9.17, 15) is 0 Å². The molecular formula is C17H23BrOSSi. The Morgan fingerprint density at radius 2 is 1.86 bits per heavy atom. The quantitative estimate of drug-likeness (QED) is 0.534. The summed E-state index contributed by atoms with van der Waals surface area (Å²) in [7, 11) is -1.67. The number of hydrogen-bond acceptors (Lipinski definition) is 2. The topological polar surface area (TPSA) is 9.23 Å². The van der Waals surface area contributed by atoms with Crippen molar-refractivity contribution < 1.29 is 4.43 Å². The fraction of sp³-hybridized carbons (Fsp3) is 0.412. The van der Waals surface area contributed by atoms with E-state index < -0.39 is 8.32 Å². The summed E-state index contributed by atoms with van der Waals surface area (Å²) in [4.78, 5) is 2.60. The van der Waals surface area contributed by atoms with Gasteiger partial charge in [-0.1, -0.05) is 48.8 Å². The normalized spacial score (nSPS) is 12.7. The van der Waals surface area contributed by atoms with E-state index in [0.29, 0.717) is 0 Å². The first kappa shape index (κ1) is 16.9. The Kier molecular flexibility index (Phi) is 5.13. The van der Waals surface area contributed by atoms with E-state index in [4.69, 9.17) is 4.43 Å². The van der Waals surface area contributed by atoms with Crippen LogP contribution in [0.3, 0.4) is 0 Å². The third-order valence-corrected chi connectivity index (χ3v) is 10.2. The highest BCUT2D eigenvalue weighted by atomic mass is 79.9. The summed E-state index contributed by atoms with van der Waals surface area (Å²) in [6.45, 7) is 12.2. The molecule has 4 heteroatoms. The van der Waals surface area contributed by atoms with Gasteiger partial charge in [0.15, 0.2) is 8.32 Å². The number of benzene rings is 1. The average molecular weight is 383 g/mol. The van der Waals surface area contributed by atoms with Crippen LogP contribution in [0.1, 0.15) is 25.6 Å². The zero-order chi connectivity index (χ0) is 15.7. The second-order valence-corrected chi connectivity index (χ2v) is 13.7. The minimum absolute atomic E-state index is 0.261. The van der Waals surface area contributed by atoms with Gasteiger partial charge in [0.05, 0.1) is 6.61 Å². The molecule has 0 aliphatic carbocycles. The van der Waals surface area contributed by atoms with Crippen molar-refractivity contribution in [2.45, 2.75) is 45.5 Å². The van der Waals surface area contributed by atoms with Crippen molar-refractivity contribution in [1.29, 1.82) is 0 Å². The summed E-state index contributed by atoms with van der Waals surface area (Å²) in [5, 5.41) is 0.261. The van der Waals surface area contributed by atoms with Gasteiger partial charge in [-0.15, -0.1) is 11.3 Å². The summed E-state index contributed by atoms with van der Waals surface area (Å²) in [6, 6.07) is 12.8. The lowest BCUT2D eigenvalue weighted by molar-refractivity contribution is 0.279. The summed E-state index contributed by atoms with van der Waals surface area (Å²) in [6.07, 6.45) is 0. The van der Waals surface area contributed by atoms with Crippen molar-refractivity contribution in [3.05, 3.63) is 45.7 Å². The highest BCUT2D eigenvalue weighted by molar-refractivity contribution is 9.10. The maximum absolute atomic E-state index is 6.29. The van der Waals surface area contributed by atoms with Crippen LogP contribution in [-0.4, -0.2) is 8.32 Å². The molecule has 0 aliphatic heterocycles. The van der Waals surface area contributed by atoms with E-state index >= 15 is 0 Å². The molecule has 2 rings (SSSR count). The van der Waals surface area contributed by atoms with E-state index in [1.807, 2.05) is 11.3 Å². The van der Waals surface area contributed by atoms with Crippen LogP contribution >= 0.6 is 27.3 Å². The molecule has 1 aromatic carbocycles. The molecule has 0 bridgehead atoms. The van der Waals surface area contributed by atoms with Gasteiger partial charge >= 0.3 is 0 Å². The molecule has 2 aromatic rings. The van der Waals surface area contributed by atoms with Crippen molar-refractivity contribution in [2.75, 3.05) is 0 Å². The monoisotopic (exact) mass is 382 g/mol. The number of hydrogen-bond donors (Lipinski definition) is 0. The second kappa shape index (κ2) is 6.37. The largest absolute Gasteiger partial charge is 0.412 e. The van der Waals surface area contributed by atoms with Crippen LogP contribution in [0.15, 0.2) is 40.9 Å². The van der Waals surface area contributed by atoms with Crippen LogP contribution < -0.4 is 0 Å². The van der Waals surface area contributed by atoms with Gasteiger partial charge in [0.1, 0.15) is 0 Å². The molecule has 0 spiro atoms. The molecule has 0 saturated carbocycles. The summed E-state index contributed by atoms with van der Waals surface area (Å²) >= 11 is 5.35. The van der Waals surface area contributed by atoms with Gasteiger partial charge in [-0.2, -0.15) is 0 Å². The molecule has 21 heavy (non-hydrogen) atoms. The highest BCUT2D eigenvalue weighted by Crippen LogP contribution is 2.38. The van der Waals surface area contributed by atoms with Gasteiger partial charge in [-0.25, -0.2) is 0 Å². The lowest BCUT2D eigenvalue weighted by atomic mass is 10.2. The fourth-order valence-electron chi connectivity index (χ4n) is 1.72. The van der Waals surface area contributed by atoms with Crippen LogP contribution in [0.4, 0.5) is 0 Å². The molecule has 0 atom stereocenters. The van der Waals surface area contributed by atoms with Gasteiger partial charge in [0.2, 0.25) is 0 Å². The first-order valence-electron chi connectivity index (χ1n) is 7.18. The predicted octanol–water partition coefficient (Wildman–Crippen LogP) is 6.70. The van der Waals surface area contributed by atoms with Crippen LogP contribution in [-0.2, 0) is 11.0 Å². The summed E-state index contributed by atoms with van der Waals surface area (Å²) in [5.41, 5.74) is 1.26. The molecule has 0 fully saturated rings. The molecule has 1 heterocycles. The molecule has 0 radical (unpaired) electrons. The molecule has 0 aliphatic rings. The molecule has 0 N–H and O–H groups in total. The molecule has 0 amide bonds. The van der Waals surface area contributed by atoms with Crippen LogP contribution in [0.5, 0.6) is 0 Å². The Hall–Kier alpha value is -0.423. The van der Waals surface area contributed by atoms with E-state index in [0.717, 1.165) is 11.1 Å². The zero-order valence-corrected chi connectivity index (χ0v) is 16.8. The van der Waals surface area contributed by atoms with Gasteiger partial charge in [0.25, 0.3) is 0 Å². The molecule has 0 unspecified atom stereocenters. The molecular weight excluding hydrogens is 360 g/mol. The fourth-order valence-corrected chi connectivity index (χ4v) is 4.09. The maximum Gasteiger partial charge on any atom is 0.192 e. The molecule has 1 nitrogen and oxygen atoms in total. The number of rotatable bonds is 4. The standard InChI is InChI=1S/C17H23BrOSSi/c1-17(2,3)21(4,5)19-12-15-9-10-16(20-15)13-7-6-8-14(18)11-13/h6-11H,12H2,1-5H3. The van der Waals surface area contributed by atoms with Gasteiger partial charge in [-0.3, -0.25) is 0 Å². The van der Waals surface area contributed by atoms with Gasteiger partial charge in [-0.05, 0) is 48.0 Å². The minimum atomic E-state index is -1.67. The molecule has 114 valence electrons. The molecule has 1 aromatic heterocycles. The van der Waals surface area contributed by atoms with Crippen molar-refractivity contribution in [3.8, 4) is 10.4 Å². The maximum atomic E-state index is 6.29. The van der Waals surface area contributed by atoms with E-state index in [2.05, 4.69) is 86.2 Å². The first-order chi connectivity index (χ1) is 9.69. The zero-order valence-electron chi connectivity index (χ0n) is 13.4. The second-order valence-electron chi connectivity index (χ2n) is 6.83. The Balaban J connectivity index is 2.08. The third kappa shape index (κ3) is 4.28. The smallest absolute Gasteiger partial charge is 0.192 e. The highest BCUT2D eigenvalue weighted by Gasteiger charge is 2.37. The van der Waals surface area contributed by atoms with Gasteiger partial charge < -0.3 is 4.43 Å². The number of thiophene rings is 1. The van der Waals surface area contributed by atoms with Crippen molar-refractivity contribution in [2.24, 2.45) is 0 Å². The average Bonchev–Trinajstić information content (AvgIpc) is 2.84. The predicted molar refractivity (Wildman–Crippen MR) is 99.4 cm³/mol. The number of halogens is 1. The van der Waals surface area contributed by atoms with E-state index in [1.165, 1.54) is 15.3 Å². The van der Waals surface area contributed by atoms with E-state index in [1.54, 1.807) is 0 Å². The van der Waals surface area contributed by atoms with E-state index in [-0.39, 0.29) is 5.04 Å². The summed E-state index contributed by atoms with van der Waals surface area (Å²) in [5.74, 6) is 0. The first-order valence-corrected chi connectivity index (χ1v) is 11.7. The SMILES string of the molecule is CC(C)(C)[Si](C)(C)OCc1ccc(-c2cccc(Br)c2)s1. The van der Waals surface area contributed by atoms with Crippen LogP contribution in [0.2, 0.25) is 18.1 Å². The van der Waals surface area contributed by atoms with Crippen LogP contribution in [0, 0.1) is 0 Å². The Bertz CT molecular complexity index is 613. The minimum Gasteiger partial charge on any atom is -0.412 e. The third-order valence-electron chi connectivity index (χ3n) is 4.15. The lowest BCUT2D eigenvalue weighted by Crippen LogP contribution is -2.40. The Morgan fingerprint density at radius 1 is 1.14 bits per heavy atom. The molecule has 0 saturated heterocycles. The van der Waals surface area contributed by atoms with Crippen molar-refractivity contribution >= 4 is 35.6 Å². The Labute approximate surface area is 141 Å². The summed E-state index contributed by atoms with van der Waals surface area (Å²) < 4.78 is 7.41.